The second-order valence-corrected chi connectivity index (χ2v) is 7.14. The van der Waals surface area contributed by atoms with Gasteiger partial charge in [-0.1, -0.05) is 19.1 Å². The van der Waals surface area contributed by atoms with Gasteiger partial charge in [-0.25, -0.2) is 8.42 Å². The van der Waals surface area contributed by atoms with Gasteiger partial charge in [-0.05, 0) is 44.1 Å². The fraction of sp³-hybridized carbons (Fsp3) is 0.600. The van der Waals surface area contributed by atoms with E-state index >= 15 is 0 Å². The van der Waals surface area contributed by atoms with Crippen molar-refractivity contribution < 1.29 is 13.2 Å². The number of benzene rings is 1. The summed E-state index contributed by atoms with van der Waals surface area (Å²) in [7, 11) is -1.52. The first-order valence-electron chi connectivity index (χ1n) is 7.42. The highest BCUT2D eigenvalue weighted by Gasteiger charge is 2.32. The van der Waals surface area contributed by atoms with E-state index in [2.05, 4.69) is 5.32 Å². The summed E-state index contributed by atoms with van der Waals surface area (Å²) in [6.45, 7) is 4.25. The van der Waals surface area contributed by atoms with E-state index in [0.717, 1.165) is 24.9 Å². The van der Waals surface area contributed by atoms with Crippen molar-refractivity contribution in [1.29, 1.82) is 0 Å². The number of hydrogen-bond acceptors (Lipinski definition) is 4. The molecule has 0 aliphatic carbocycles. The van der Waals surface area contributed by atoms with Gasteiger partial charge in [-0.15, -0.1) is 0 Å². The van der Waals surface area contributed by atoms with Crippen molar-refractivity contribution in [3.05, 3.63) is 29.8 Å². The van der Waals surface area contributed by atoms with E-state index in [9.17, 15) is 8.42 Å². The van der Waals surface area contributed by atoms with Crippen LogP contribution >= 0.6 is 0 Å². The summed E-state index contributed by atoms with van der Waals surface area (Å²) in [6.07, 6.45) is 1.66. The molecule has 6 heteroatoms. The molecule has 118 valence electrons. The average Bonchev–Trinajstić information content (AvgIpc) is 2.53. The topological polar surface area (TPSA) is 58.6 Å². The van der Waals surface area contributed by atoms with Crippen LogP contribution in [0.3, 0.4) is 0 Å². The van der Waals surface area contributed by atoms with Crippen LogP contribution < -0.4 is 5.32 Å². The molecular formula is C15H24N2O3S. The highest BCUT2D eigenvalue weighted by atomic mass is 32.2. The third kappa shape index (κ3) is 3.83. The Morgan fingerprint density at radius 2 is 2.05 bits per heavy atom. The molecule has 0 bridgehead atoms. The number of nitrogens with zero attached hydrogens (tertiary/aromatic N) is 1. The van der Waals surface area contributed by atoms with Crippen LogP contribution in [0.5, 0.6) is 0 Å². The van der Waals surface area contributed by atoms with E-state index in [1.54, 1.807) is 16.4 Å². The molecule has 1 fully saturated rings. The molecule has 0 aromatic heterocycles. The summed E-state index contributed by atoms with van der Waals surface area (Å²) in [5, 5.41) is 3.09. The average molecular weight is 312 g/mol. The van der Waals surface area contributed by atoms with Gasteiger partial charge in [0.25, 0.3) is 0 Å². The van der Waals surface area contributed by atoms with Crippen LogP contribution in [0.15, 0.2) is 29.2 Å². The highest BCUT2D eigenvalue weighted by molar-refractivity contribution is 7.89. The third-order valence-corrected chi connectivity index (χ3v) is 5.80. The predicted molar refractivity (Wildman–Crippen MR) is 82.9 cm³/mol. The molecule has 1 N–H and O–H groups in total. The molecule has 1 aromatic rings. The number of rotatable bonds is 6. The Hall–Kier alpha value is -0.950. The molecule has 5 nitrogen and oxygen atoms in total. The number of morpholine rings is 1. The normalized spacial score (nSPS) is 20.6. The number of sulfonamides is 1. The Morgan fingerprint density at radius 1 is 1.33 bits per heavy atom. The van der Waals surface area contributed by atoms with Crippen molar-refractivity contribution in [2.75, 3.05) is 33.4 Å². The minimum atomic E-state index is -3.42. The minimum absolute atomic E-state index is 0.0623. The largest absolute Gasteiger partial charge is 0.378 e. The van der Waals surface area contributed by atoms with Crippen molar-refractivity contribution in [1.82, 2.24) is 9.62 Å². The van der Waals surface area contributed by atoms with Crippen molar-refractivity contribution in [3.8, 4) is 0 Å². The Kier molecular flexibility index (Phi) is 5.75. The molecule has 1 atom stereocenters. The first-order chi connectivity index (χ1) is 10.1. The monoisotopic (exact) mass is 312 g/mol. The molecule has 1 saturated heterocycles. The lowest BCUT2D eigenvalue weighted by molar-refractivity contribution is 0.0314. The van der Waals surface area contributed by atoms with Gasteiger partial charge in [0.15, 0.2) is 0 Å². The van der Waals surface area contributed by atoms with Crippen molar-refractivity contribution in [2.24, 2.45) is 0 Å². The van der Waals surface area contributed by atoms with Gasteiger partial charge in [0, 0.05) is 12.6 Å². The molecule has 1 unspecified atom stereocenters. The van der Waals surface area contributed by atoms with Crippen LogP contribution in [-0.4, -0.2) is 52.1 Å². The maximum Gasteiger partial charge on any atom is 0.243 e. The molecule has 1 aliphatic heterocycles. The molecule has 1 aliphatic rings. The van der Waals surface area contributed by atoms with Crippen molar-refractivity contribution in [3.63, 3.8) is 0 Å². The molecule has 21 heavy (non-hydrogen) atoms. The van der Waals surface area contributed by atoms with Gasteiger partial charge >= 0.3 is 0 Å². The third-order valence-electron chi connectivity index (χ3n) is 3.84. The fourth-order valence-electron chi connectivity index (χ4n) is 2.51. The lowest BCUT2D eigenvalue weighted by Gasteiger charge is -2.34. The summed E-state index contributed by atoms with van der Waals surface area (Å²) < 4.78 is 32.4. The van der Waals surface area contributed by atoms with Crippen LogP contribution in [0.1, 0.15) is 18.9 Å². The zero-order chi connectivity index (χ0) is 15.3. The number of nitrogens with one attached hydrogen (secondary N) is 1. The van der Waals surface area contributed by atoms with Gasteiger partial charge in [0.05, 0.1) is 18.1 Å². The van der Waals surface area contributed by atoms with Crippen molar-refractivity contribution >= 4 is 10.0 Å². The molecule has 0 radical (unpaired) electrons. The summed E-state index contributed by atoms with van der Waals surface area (Å²) in [5.74, 6) is 0. The van der Waals surface area contributed by atoms with Gasteiger partial charge < -0.3 is 10.1 Å². The quantitative estimate of drug-likeness (QED) is 0.859. The summed E-state index contributed by atoms with van der Waals surface area (Å²) in [6, 6.07) is 7.15. The van der Waals surface area contributed by atoms with Crippen LogP contribution in [-0.2, 0) is 21.2 Å². The summed E-state index contributed by atoms with van der Waals surface area (Å²) in [5.41, 5.74) is 1.14. The van der Waals surface area contributed by atoms with E-state index in [-0.39, 0.29) is 6.04 Å². The van der Waals surface area contributed by atoms with Crippen LogP contribution in [0.4, 0.5) is 0 Å². The second kappa shape index (κ2) is 7.35. The van der Waals surface area contributed by atoms with E-state index in [0.29, 0.717) is 24.7 Å². The fourth-order valence-corrected chi connectivity index (χ4v) is 4.18. The summed E-state index contributed by atoms with van der Waals surface area (Å²) >= 11 is 0. The molecule has 2 rings (SSSR count). The van der Waals surface area contributed by atoms with Gasteiger partial charge in [-0.2, -0.15) is 4.31 Å². The van der Waals surface area contributed by atoms with Crippen molar-refractivity contribution in [2.45, 2.75) is 30.7 Å². The molecule has 0 saturated carbocycles. The number of ether oxygens (including phenoxy) is 1. The second-order valence-electron chi connectivity index (χ2n) is 5.25. The van der Waals surface area contributed by atoms with Gasteiger partial charge in [0.1, 0.15) is 0 Å². The standard InChI is InChI=1S/C15H24N2O3S/c1-3-14-12-20-11-10-17(14)21(18,19)15-6-4-13(5-7-15)8-9-16-2/h4-7,14,16H,3,8-12H2,1-2H3. The van der Waals surface area contributed by atoms with E-state index in [1.165, 1.54) is 0 Å². The lowest BCUT2D eigenvalue weighted by atomic mass is 10.1. The molecule has 1 aromatic carbocycles. The molecule has 0 amide bonds. The number of likely N-dealkylation sites (N-methyl/N-ethyl adjacent to an activating group) is 1. The number of hydrogen-bond donors (Lipinski definition) is 1. The van der Waals surface area contributed by atoms with E-state index < -0.39 is 10.0 Å². The molecule has 0 spiro atoms. The van der Waals surface area contributed by atoms with Crippen LogP contribution in [0.2, 0.25) is 0 Å². The van der Waals surface area contributed by atoms with Gasteiger partial charge in [-0.3, -0.25) is 0 Å². The maximum absolute atomic E-state index is 12.7. The van der Waals surface area contributed by atoms with Crippen LogP contribution in [0.25, 0.3) is 0 Å². The highest BCUT2D eigenvalue weighted by Crippen LogP contribution is 2.22. The smallest absolute Gasteiger partial charge is 0.243 e. The van der Waals surface area contributed by atoms with E-state index in [1.807, 2.05) is 26.1 Å². The van der Waals surface area contributed by atoms with Gasteiger partial charge in [0.2, 0.25) is 10.0 Å². The SMILES string of the molecule is CCC1COCCN1S(=O)(=O)c1ccc(CCNC)cc1. The first-order valence-corrected chi connectivity index (χ1v) is 8.86. The first kappa shape index (κ1) is 16.4. The lowest BCUT2D eigenvalue weighted by Crippen LogP contribution is -2.48. The predicted octanol–water partition coefficient (Wildman–Crippen LogP) is 1.25. The zero-order valence-electron chi connectivity index (χ0n) is 12.7. The Balaban J connectivity index is 2.18. The Bertz CT molecular complexity index is 543. The zero-order valence-corrected chi connectivity index (χ0v) is 13.5. The summed E-state index contributed by atoms with van der Waals surface area (Å²) in [4.78, 5) is 0.371. The Morgan fingerprint density at radius 3 is 2.67 bits per heavy atom. The van der Waals surface area contributed by atoms with E-state index in [4.69, 9.17) is 4.74 Å². The maximum atomic E-state index is 12.7. The molecular weight excluding hydrogens is 288 g/mol. The van der Waals surface area contributed by atoms with Crippen LogP contribution in [0, 0.1) is 0 Å². The molecule has 1 heterocycles. The Labute approximate surface area is 127 Å². The minimum Gasteiger partial charge on any atom is -0.378 e.